The van der Waals surface area contributed by atoms with E-state index in [9.17, 15) is 0 Å². The molecule has 1 heterocycles. The van der Waals surface area contributed by atoms with Gasteiger partial charge in [0, 0.05) is 13.1 Å². The zero-order valence-electron chi connectivity index (χ0n) is 11.1. The standard InChI is InChI=1S/C15H19ClN2O/c1-2-18(12-13-6-5-11-19-13)10-9-17-15-8-4-3-7-14(15)16/h3-8,11,17H,2,9-10,12H2,1H3. The average Bonchev–Trinajstić information content (AvgIpc) is 2.92. The van der Waals surface area contributed by atoms with Crippen molar-refractivity contribution in [2.24, 2.45) is 0 Å². The summed E-state index contributed by atoms with van der Waals surface area (Å²) in [7, 11) is 0. The first-order valence-electron chi connectivity index (χ1n) is 6.52. The molecule has 3 nitrogen and oxygen atoms in total. The second kappa shape index (κ2) is 7.22. The maximum Gasteiger partial charge on any atom is 0.117 e. The third-order valence-electron chi connectivity index (χ3n) is 3.02. The van der Waals surface area contributed by atoms with Gasteiger partial charge in [0.1, 0.15) is 5.76 Å². The van der Waals surface area contributed by atoms with E-state index in [1.54, 1.807) is 6.26 Å². The first-order chi connectivity index (χ1) is 9.29. The van der Waals surface area contributed by atoms with E-state index in [-0.39, 0.29) is 0 Å². The van der Waals surface area contributed by atoms with Gasteiger partial charge in [0.25, 0.3) is 0 Å². The maximum atomic E-state index is 6.10. The largest absolute Gasteiger partial charge is 0.468 e. The third-order valence-corrected chi connectivity index (χ3v) is 3.35. The Labute approximate surface area is 119 Å². The van der Waals surface area contributed by atoms with Gasteiger partial charge in [-0.2, -0.15) is 0 Å². The Bertz CT molecular complexity index is 485. The SMILES string of the molecule is CCN(CCNc1ccccc1Cl)Cc1ccco1. The van der Waals surface area contributed by atoms with Crippen molar-refractivity contribution in [1.29, 1.82) is 0 Å². The first kappa shape index (κ1) is 14.0. The van der Waals surface area contributed by atoms with Gasteiger partial charge in [-0.3, -0.25) is 4.90 Å². The molecule has 1 aromatic carbocycles. The lowest BCUT2D eigenvalue weighted by Gasteiger charge is -2.19. The molecule has 102 valence electrons. The zero-order valence-corrected chi connectivity index (χ0v) is 11.9. The third kappa shape index (κ3) is 4.30. The second-order valence-electron chi connectivity index (χ2n) is 4.35. The molecular weight excluding hydrogens is 260 g/mol. The van der Waals surface area contributed by atoms with Crippen LogP contribution in [0.3, 0.4) is 0 Å². The lowest BCUT2D eigenvalue weighted by atomic mass is 10.3. The molecule has 0 bridgehead atoms. The molecule has 1 aromatic heterocycles. The molecule has 0 unspecified atom stereocenters. The second-order valence-corrected chi connectivity index (χ2v) is 4.76. The average molecular weight is 279 g/mol. The van der Waals surface area contributed by atoms with Crippen LogP contribution < -0.4 is 5.32 Å². The van der Waals surface area contributed by atoms with Crippen molar-refractivity contribution in [1.82, 2.24) is 4.90 Å². The summed E-state index contributed by atoms with van der Waals surface area (Å²) in [6, 6.07) is 11.7. The summed E-state index contributed by atoms with van der Waals surface area (Å²) in [5.74, 6) is 1.000. The number of nitrogens with one attached hydrogen (secondary N) is 1. The highest BCUT2D eigenvalue weighted by Crippen LogP contribution is 2.19. The minimum atomic E-state index is 0.761. The Morgan fingerprint density at radius 1 is 1.21 bits per heavy atom. The van der Waals surface area contributed by atoms with Crippen LogP contribution in [0.2, 0.25) is 5.02 Å². The lowest BCUT2D eigenvalue weighted by molar-refractivity contribution is 0.265. The van der Waals surface area contributed by atoms with E-state index in [1.807, 2.05) is 36.4 Å². The Balaban J connectivity index is 1.79. The summed E-state index contributed by atoms with van der Waals surface area (Å²) in [6.07, 6.45) is 1.71. The molecule has 0 amide bonds. The number of rotatable bonds is 7. The number of benzene rings is 1. The van der Waals surface area contributed by atoms with Crippen LogP contribution in [-0.4, -0.2) is 24.5 Å². The van der Waals surface area contributed by atoms with Gasteiger partial charge in [-0.05, 0) is 30.8 Å². The molecule has 1 N–H and O–H groups in total. The quantitative estimate of drug-likeness (QED) is 0.833. The summed E-state index contributed by atoms with van der Waals surface area (Å²) in [6.45, 7) is 5.79. The van der Waals surface area contributed by atoms with E-state index in [0.29, 0.717) is 0 Å². The molecule has 2 rings (SSSR count). The topological polar surface area (TPSA) is 28.4 Å². The maximum absolute atomic E-state index is 6.10. The van der Waals surface area contributed by atoms with Crippen molar-refractivity contribution in [3.8, 4) is 0 Å². The molecule has 0 fully saturated rings. The summed E-state index contributed by atoms with van der Waals surface area (Å²) in [5, 5.41) is 4.11. The van der Waals surface area contributed by atoms with E-state index in [2.05, 4.69) is 17.1 Å². The number of halogens is 1. The molecule has 0 atom stereocenters. The van der Waals surface area contributed by atoms with Gasteiger partial charge in [-0.1, -0.05) is 30.7 Å². The van der Waals surface area contributed by atoms with E-state index in [4.69, 9.17) is 16.0 Å². The van der Waals surface area contributed by atoms with Crippen LogP contribution >= 0.6 is 11.6 Å². The highest BCUT2D eigenvalue weighted by atomic mass is 35.5. The molecule has 0 aliphatic carbocycles. The molecule has 4 heteroatoms. The Morgan fingerprint density at radius 2 is 2.05 bits per heavy atom. The van der Waals surface area contributed by atoms with Crippen molar-refractivity contribution in [2.45, 2.75) is 13.5 Å². The number of anilines is 1. The van der Waals surface area contributed by atoms with Crippen molar-refractivity contribution < 1.29 is 4.42 Å². The Kier molecular flexibility index (Phi) is 5.31. The van der Waals surface area contributed by atoms with Gasteiger partial charge in [0.2, 0.25) is 0 Å². The fraction of sp³-hybridized carbons (Fsp3) is 0.333. The van der Waals surface area contributed by atoms with E-state index < -0.39 is 0 Å². The molecule has 19 heavy (non-hydrogen) atoms. The number of furan rings is 1. The van der Waals surface area contributed by atoms with Gasteiger partial charge < -0.3 is 9.73 Å². The van der Waals surface area contributed by atoms with Crippen LogP contribution in [0.1, 0.15) is 12.7 Å². The molecule has 0 saturated carbocycles. The van der Waals surface area contributed by atoms with Crippen LogP contribution in [0.25, 0.3) is 0 Å². The number of likely N-dealkylation sites (N-methyl/N-ethyl adjacent to an activating group) is 1. The van der Waals surface area contributed by atoms with Crippen LogP contribution in [0.5, 0.6) is 0 Å². The number of nitrogens with zero attached hydrogens (tertiary/aromatic N) is 1. The zero-order chi connectivity index (χ0) is 13.5. The van der Waals surface area contributed by atoms with Gasteiger partial charge in [0.05, 0.1) is 23.5 Å². The number of hydrogen-bond acceptors (Lipinski definition) is 3. The summed E-state index contributed by atoms with van der Waals surface area (Å²) >= 11 is 6.10. The van der Waals surface area contributed by atoms with Crippen molar-refractivity contribution in [3.05, 3.63) is 53.4 Å². The monoisotopic (exact) mass is 278 g/mol. The number of hydrogen-bond donors (Lipinski definition) is 1. The van der Waals surface area contributed by atoms with Crippen LogP contribution in [0.4, 0.5) is 5.69 Å². The molecular formula is C15H19ClN2O. The summed E-state index contributed by atoms with van der Waals surface area (Å²) in [5.41, 5.74) is 0.984. The molecule has 0 saturated heterocycles. The van der Waals surface area contributed by atoms with Crippen LogP contribution in [-0.2, 0) is 6.54 Å². The molecule has 0 aliphatic heterocycles. The minimum Gasteiger partial charge on any atom is -0.468 e. The minimum absolute atomic E-state index is 0.761. The normalized spacial score (nSPS) is 10.9. The lowest BCUT2D eigenvalue weighted by Crippen LogP contribution is -2.28. The predicted octanol–water partition coefficient (Wildman–Crippen LogP) is 3.87. The smallest absolute Gasteiger partial charge is 0.117 e. The molecule has 0 spiro atoms. The number of para-hydroxylation sites is 1. The predicted molar refractivity (Wildman–Crippen MR) is 79.6 cm³/mol. The highest BCUT2D eigenvalue weighted by molar-refractivity contribution is 6.33. The summed E-state index contributed by atoms with van der Waals surface area (Å²) in [4.78, 5) is 2.32. The van der Waals surface area contributed by atoms with Gasteiger partial charge in [-0.15, -0.1) is 0 Å². The van der Waals surface area contributed by atoms with Gasteiger partial charge in [0.15, 0.2) is 0 Å². The van der Waals surface area contributed by atoms with E-state index >= 15 is 0 Å². The Morgan fingerprint density at radius 3 is 2.74 bits per heavy atom. The van der Waals surface area contributed by atoms with Crippen LogP contribution in [0.15, 0.2) is 47.1 Å². The van der Waals surface area contributed by atoms with Crippen LogP contribution in [0, 0.1) is 0 Å². The fourth-order valence-corrected chi connectivity index (χ4v) is 2.13. The fourth-order valence-electron chi connectivity index (χ4n) is 1.93. The van der Waals surface area contributed by atoms with Crippen molar-refractivity contribution in [3.63, 3.8) is 0 Å². The highest BCUT2D eigenvalue weighted by Gasteiger charge is 2.05. The van der Waals surface area contributed by atoms with E-state index in [0.717, 1.165) is 42.6 Å². The van der Waals surface area contributed by atoms with Crippen molar-refractivity contribution in [2.75, 3.05) is 25.0 Å². The molecule has 2 aromatic rings. The van der Waals surface area contributed by atoms with Gasteiger partial charge in [-0.25, -0.2) is 0 Å². The molecule has 0 radical (unpaired) electrons. The first-order valence-corrected chi connectivity index (χ1v) is 6.90. The Hall–Kier alpha value is -1.45. The van der Waals surface area contributed by atoms with E-state index in [1.165, 1.54) is 0 Å². The van der Waals surface area contributed by atoms with Crippen molar-refractivity contribution >= 4 is 17.3 Å². The summed E-state index contributed by atoms with van der Waals surface area (Å²) < 4.78 is 5.37. The molecule has 0 aliphatic rings. The van der Waals surface area contributed by atoms with Gasteiger partial charge >= 0.3 is 0 Å².